The number of anilines is 1. The molecular weight excluding hydrogens is 262 g/mol. The van der Waals surface area contributed by atoms with E-state index >= 15 is 0 Å². The van der Waals surface area contributed by atoms with Gasteiger partial charge in [0.15, 0.2) is 0 Å². The van der Waals surface area contributed by atoms with E-state index in [2.05, 4.69) is 47.8 Å². The fourth-order valence-electron chi connectivity index (χ4n) is 2.65. The van der Waals surface area contributed by atoms with Crippen molar-refractivity contribution in [2.24, 2.45) is 0 Å². The minimum absolute atomic E-state index is 0.372. The summed E-state index contributed by atoms with van der Waals surface area (Å²) in [6, 6.07) is 0. The first kappa shape index (κ1) is 16.2. The fraction of sp³-hybridized carbons (Fsp3) is 0.750. The maximum absolute atomic E-state index is 4.80. The lowest BCUT2D eigenvalue weighted by atomic mass is 10.2. The van der Waals surface area contributed by atoms with Crippen LogP contribution in [0.2, 0.25) is 0 Å². The smallest absolute Gasteiger partial charge is 0.131 e. The zero-order valence-electron chi connectivity index (χ0n) is 13.9. The molecule has 5 heteroatoms. The summed E-state index contributed by atoms with van der Waals surface area (Å²) in [5, 5.41) is 3.40. The second-order valence-electron chi connectivity index (χ2n) is 5.92. The second kappa shape index (κ2) is 7.71. The van der Waals surface area contributed by atoms with Crippen LogP contribution in [0.25, 0.3) is 0 Å². The molecule has 0 spiro atoms. The molecule has 1 aliphatic rings. The summed E-state index contributed by atoms with van der Waals surface area (Å²) < 4.78 is 0. The van der Waals surface area contributed by atoms with Gasteiger partial charge in [-0.2, -0.15) is 0 Å². The van der Waals surface area contributed by atoms with E-state index in [1.807, 2.05) is 6.20 Å². The van der Waals surface area contributed by atoms with Crippen molar-refractivity contribution in [2.75, 3.05) is 44.2 Å². The number of likely N-dealkylation sites (N-methyl/N-ethyl adjacent to an activating group) is 1. The van der Waals surface area contributed by atoms with Crippen molar-refractivity contribution >= 4 is 5.69 Å². The molecule has 21 heavy (non-hydrogen) atoms. The number of piperazine rings is 1. The van der Waals surface area contributed by atoms with Gasteiger partial charge in [-0.05, 0) is 13.1 Å². The molecule has 1 fully saturated rings. The molecule has 1 aromatic rings. The van der Waals surface area contributed by atoms with Crippen LogP contribution in [0.15, 0.2) is 6.20 Å². The second-order valence-corrected chi connectivity index (χ2v) is 5.92. The average Bonchev–Trinajstić information content (AvgIpc) is 2.52. The lowest BCUT2D eigenvalue weighted by Crippen LogP contribution is -2.46. The summed E-state index contributed by atoms with van der Waals surface area (Å²) in [4.78, 5) is 14.3. The normalized spacial score (nSPS) is 16.7. The number of nitrogens with one attached hydrogen (secondary N) is 1. The summed E-state index contributed by atoms with van der Waals surface area (Å²) in [7, 11) is 0. The number of nitrogens with zero attached hydrogens (tertiary/aromatic N) is 4. The first-order valence-electron chi connectivity index (χ1n) is 8.19. The van der Waals surface area contributed by atoms with Gasteiger partial charge in [-0.1, -0.05) is 27.7 Å². The van der Waals surface area contributed by atoms with Crippen molar-refractivity contribution in [1.29, 1.82) is 0 Å². The molecule has 0 atom stereocenters. The van der Waals surface area contributed by atoms with Gasteiger partial charge in [0.1, 0.15) is 5.82 Å². The lowest BCUT2D eigenvalue weighted by molar-refractivity contribution is 0.271. The van der Waals surface area contributed by atoms with Crippen molar-refractivity contribution in [2.45, 2.75) is 40.2 Å². The Kier molecular flexibility index (Phi) is 5.94. The first-order valence-corrected chi connectivity index (χ1v) is 8.19. The van der Waals surface area contributed by atoms with E-state index in [0.717, 1.165) is 57.3 Å². The first-order chi connectivity index (χ1) is 10.2. The van der Waals surface area contributed by atoms with Crippen molar-refractivity contribution in [3.8, 4) is 0 Å². The van der Waals surface area contributed by atoms with Gasteiger partial charge in [0, 0.05) is 38.6 Å². The summed E-state index contributed by atoms with van der Waals surface area (Å²) in [5.74, 6) is 1.32. The Morgan fingerprint density at radius 3 is 2.48 bits per heavy atom. The molecule has 0 aliphatic carbocycles. The zero-order chi connectivity index (χ0) is 15.2. The van der Waals surface area contributed by atoms with Gasteiger partial charge in [-0.25, -0.2) is 9.97 Å². The van der Waals surface area contributed by atoms with Crippen LogP contribution in [0.5, 0.6) is 0 Å². The van der Waals surface area contributed by atoms with Crippen molar-refractivity contribution < 1.29 is 0 Å². The van der Waals surface area contributed by atoms with Crippen LogP contribution in [0.4, 0.5) is 5.69 Å². The number of rotatable bonds is 6. The van der Waals surface area contributed by atoms with Gasteiger partial charge in [-0.15, -0.1) is 0 Å². The Morgan fingerprint density at radius 2 is 1.90 bits per heavy atom. The van der Waals surface area contributed by atoms with Crippen LogP contribution in [-0.2, 0) is 6.54 Å². The molecule has 0 amide bonds. The molecule has 0 unspecified atom stereocenters. The monoisotopic (exact) mass is 291 g/mol. The average molecular weight is 291 g/mol. The molecule has 2 heterocycles. The topological polar surface area (TPSA) is 44.3 Å². The maximum atomic E-state index is 4.80. The largest absolute Gasteiger partial charge is 0.366 e. The molecule has 0 radical (unpaired) electrons. The summed E-state index contributed by atoms with van der Waals surface area (Å²) >= 11 is 0. The summed E-state index contributed by atoms with van der Waals surface area (Å²) in [6.07, 6.45) is 2.02. The van der Waals surface area contributed by atoms with Crippen LogP contribution >= 0.6 is 0 Å². The Morgan fingerprint density at radius 1 is 1.19 bits per heavy atom. The third-order valence-corrected chi connectivity index (χ3v) is 4.08. The van der Waals surface area contributed by atoms with E-state index in [-0.39, 0.29) is 0 Å². The molecule has 2 rings (SSSR count). The van der Waals surface area contributed by atoms with E-state index in [4.69, 9.17) is 4.98 Å². The molecule has 5 nitrogen and oxygen atoms in total. The Hall–Kier alpha value is -1.20. The van der Waals surface area contributed by atoms with Crippen LogP contribution in [0, 0.1) is 0 Å². The van der Waals surface area contributed by atoms with Crippen LogP contribution < -0.4 is 10.2 Å². The molecule has 0 bridgehead atoms. The fourth-order valence-corrected chi connectivity index (χ4v) is 2.65. The van der Waals surface area contributed by atoms with Gasteiger partial charge in [0.05, 0.1) is 17.6 Å². The lowest BCUT2D eigenvalue weighted by Gasteiger charge is -2.36. The Bertz CT molecular complexity index is 438. The molecule has 0 aromatic carbocycles. The summed E-state index contributed by atoms with van der Waals surface area (Å²) in [5.41, 5.74) is 2.34. The maximum Gasteiger partial charge on any atom is 0.131 e. The van der Waals surface area contributed by atoms with Crippen molar-refractivity contribution in [1.82, 2.24) is 20.2 Å². The van der Waals surface area contributed by atoms with E-state index in [9.17, 15) is 0 Å². The minimum Gasteiger partial charge on any atom is -0.366 e. The van der Waals surface area contributed by atoms with Crippen LogP contribution in [0.3, 0.4) is 0 Å². The van der Waals surface area contributed by atoms with E-state index in [1.54, 1.807) is 0 Å². The highest BCUT2D eigenvalue weighted by Crippen LogP contribution is 2.21. The number of aromatic nitrogens is 2. The number of hydrogen-bond acceptors (Lipinski definition) is 5. The molecule has 1 saturated heterocycles. The Balaban J connectivity index is 2.17. The van der Waals surface area contributed by atoms with E-state index in [0.29, 0.717) is 5.92 Å². The highest BCUT2D eigenvalue weighted by Gasteiger charge is 2.20. The molecule has 0 saturated carbocycles. The molecule has 1 aliphatic heterocycles. The van der Waals surface area contributed by atoms with Gasteiger partial charge < -0.3 is 15.1 Å². The highest BCUT2D eigenvalue weighted by molar-refractivity contribution is 5.49. The molecule has 1 N–H and O–H groups in total. The van der Waals surface area contributed by atoms with Crippen molar-refractivity contribution in [3.63, 3.8) is 0 Å². The van der Waals surface area contributed by atoms with Gasteiger partial charge in [-0.3, -0.25) is 0 Å². The SMILES string of the molecule is CCNCc1nc(C(C)C)ncc1N1CCN(CC)CC1. The third kappa shape index (κ3) is 4.14. The van der Waals surface area contributed by atoms with Gasteiger partial charge in [0.2, 0.25) is 0 Å². The van der Waals surface area contributed by atoms with E-state index in [1.165, 1.54) is 5.69 Å². The van der Waals surface area contributed by atoms with Gasteiger partial charge in [0.25, 0.3) is 0 Å². The predicted octanol–water partition coefficient (Wildman–Crippen LogP) is 1.85. The zero-order valence-corrected chi connectivity index (χ0v) is 13.9. The predicted molar refractivity (Wildman–Crippen MR) is 87.8 cm³/mol. The quantitative estimate of drug-likeness (QED) is 0.866. The standard InChI is InChI=1S/C16H29N5/c1-5-17-11-14-15(12-18-16(19-14)13(3)4)21-9-7-20(6-2)8-10-21/h12-13,17H,5-11H2,1-4H3. The van der Waals surface area contributed by atoms with Gasteiger partial charge >= 0.3 is 0 Å². The number of hydrogen-bond donors (Lipinski definition) is 1. The molecular formula is C16H29N5. The van der Waals surface area contributed by atoms with Crippen LogP contribution in [-0.4, -0.2) is 54.1 Å². The van der Waals surface area contributed by atoms with Crippen LogP contribution in [0.1, 0.15) is 45.1 Å². The molecule has 118 valence electrons. The van der Waals surface area contributed by atoms with Crippen molar-refractivity contribution in [3.05, 3.63) is 17.7 Å². The molecule has 1 aromatic heterocycles. The highest BCUT2D eigenvalue weighted by atomic mass is 15.3. The summed E-state index contributed by atoms with van der Waals surface area (Å²) in [6.45, 7) is 16.0. The van der Waals surface area contributed by atoms with E-state index < -0.39 is 0 Å². The minimum atomic E-state index is 0.372. The third-order valence-electron chi connectivity index (χ3n) is 4.08. The Labute approximate surface area is 128 Å².